The molecule has 0 saturated heterocycles. The Balaban J connectivity index is 1.78. The van der Waals surface area contributed by atoms with E-state index in [4.69, 9.17) is 9.47 Å². The Hall–Kier alpha value is -3.61. The summed E-state index contributed by atoms with van der Waals surface area (Å²) in [5, 5.41) is 5.93. The van der Waals surface area contributed by atoms with Crippen LogP contribution in [0.5, 0.6) is 11.5 Å². The number of methoxy groups -OCH3 is 1. The molecule has 0 aliphatic carbocycles. The van der Waals surface area contributed by atoms with Crippen molar-refractivity contribution < 1.29 is 14.3 Å². The van der Waals surface area contributed by atoms with Crippen LogP contribution < -0.4 is 20.1 Å². The molecule has 7 nitrogen and oxygen atoms in total. The van der Waals surface area contributed by atoms with Crippen LogP contribution in [0.25, 0.3) is 0 Å². The van der Waals surface area contributed by atoms with Gasteiger partial charge in [-0.3, -0.25) is 4.79 Å². The maximum Gasteiger partial charge on any atom is 0.274 e. The molecule has 3 rings (SSSR count). The maximum absolute atomic E-state index is 12.7. The van der Waals surface area contributed by atoms with Crippen molar-refractivity contribution in [3.63, 3.8) is 0 Å². The number of rotatable bonds is 7. The van der Waals surface area contributed by atoms with Crippen molar-refractivity contribution in [2.75, 3.05) is 24.4 Å². The number of nitrogens with zero attached hydrogens (tertiary/aromatic N) is 2. The smallest absolute Gasteiger partial charge is 0.274 e. The van der Waals surface area contributed by atoms with Crippen LogP contribution in [0.1, 0.15) is 23.1 Å². The Morgan fingerprint density at radius 3 is 2.54 bits per heavy atom. The summed E-state index contributed by atoms with van der Waals surface area (Å²) >= 11 is 0. The van der Waals surface area contributed by atoms with E-state index in [0.717, 1.165) is 11.4 Å². The van der Waals surface area contributed by atoms with Gasteiger partial charge in [0.15, 0.2) is 0 Å². The average molecular weight is 378 g/mol. The third-order valence-corrected chi connectivity index (χ3v) is 3.86. The number of nitrogens with one attached hydrogen (secondary N) is 2. The lowest BCUT2D eigenvalue weighted by atomic mass is 10.2. The van der Waals surface area contributed by atoms with E-state index in [1.165, 1.54) is 0 Å². The molecular weight excluding hydrogens is 356 g/mol. The molecule has 28 heavy (non-hydrogen) atoms. The molecule has 1 amide bonds. The summed E-state index contributed by atoms with van der Waals surface area (Å²) in [5.41, 5.74) is 2.30. The number of para-hydroxylation sites is 2. The monoisotopic (exact) mass is 378 g/mol. The van der Waals surface area contributed by atoms with E-state index in [2.05, 4.69) is 20.6 Å². The molecule has 2 N–H and O–H groups in total. The highest BCUT2D eigenvalue weighted by Crippen LogP contribution is 2.24. The molecule has 0 saturated carbocycles. The summed E-state index contributed by atoms with van der Waals surface area (Å²) < 4.78 is 10.7. The van der Waals surface area contributed by atoms with E-state index in [-0.39, 0.29) is 11.6 Å². The number of amides is 1. The van der Waals surface area contributed by atoms with Crippen molar-refractivity contribution in [2.45, 2.75) is 13.8 Å². The fraction of sp³-hybridized carbons (Fsp3) is 0.190. The largest absolute Gasteiger partial charge is 0.495 e. The lowest BCUT2D eigenvalue weighted by molar-refractivity contribution is 0.102. The molecule has 0 fully saturated rings. The van der Waals surface area contributed by atoms with Gasteiger partial charge in [0.25, 0.3) is 5.91 Å². The van der Waals surface area contributed by atoms with E-state index in [1.807, 2.05) is 50.2 Å². The number of aromatic nitrogens is 2. The summed E-state index contributed by atoms with van der Waals surface area (Å²) in [6, 6.07) is 16.3. The second kappa shape index (κ2) is 8.85. The highest BCUT2D eigenvalue weighted by atomic mass is 16.5. The van der Waals surface area contributed by atoms with Crippen molar-refractivity contribution in [2.24, 2.45) is 0 Å². The molecule has 0 aliphatic rings. The van der Waals surface area contributed by atoms with Crippen molar-refractivity contribution in [1.29, 1.82) is 0 Å². The standard InChI is InChI=1S/C21H22N4O3/c1-4-28-16-11-9-15(10-12-16)23-21-22-14(2)13-18(25-21)20(26)24-17-7-5-6-8-19(17)27-3/h5-13H,4H2,1-3H3,(H,24,26)(H,22,23,25). The lowest BCUT2D eigenvalue weighted by Gasteiger charge is -2.11. The van der Waals surface area contributed by atoms with Gasteiger partial charge in [0.1, 0.15) is 17.2 Å². The molecule has 2 aromatic carbocycles. The van der Waals surface area contributed by atoms with Gasteiger partial charge in [-0.15, -0.1) is 0 Å². The summed E-state index contributed by atoms with van der Waals surface area (Å²) in [6.45, 7) is 4.35. The molecular formula is C21H22N4O3. The highest BCUT2D eigenvalue weighted by Gasteiger charge is 2.13. The van der Waals surface area contributed by atoms with Gasteiger partial charge in [-0.25, -0.2) is 9.97 Å². The van der Waals surface area contributed by atoms with Gasteiger partial charge in [-0.05, 0) is 56.3 Å². The van der Waals surface area contributed by atoms with E-state index in [1.54, 1.807) is 25.3 Å². The van der Waals surface area contributed by atoms with Crippen LogP contribution in [0.4, 0.5) is 17.3 Å². The fourth-order valence-electron chi connectivity index (χ4n) is 2.61. The zero-order chi connectivity index (χ0) is 19.9. The molecule has 7 heteroatoms. The molecule has 0 unspecified atom stereocenters. The predicted molar refractivity (Wildman–Crippen MR) is 109 cm³/mol. The minimum absolute atomic E-state index is 0.256. The molecule has 0 bridgehead atoms. The summed E-state index contributed by atoms with van der Waals surface area (Å²) in [5.74, 6) is 1.36. The number of anilines is 3. The van der Waals surface area contributed by atoms with Crippen LogP contribution in [-0.2, 0) is 0 Å². The quantitative estimate of drug-likeness (QED) is 0.641. The molecule has 0 radical (unpaired) electrons. The Morgan fingerprint density at radius 1 is 1.07 bits per heavy atom. The third-order valence-electron chi connectivity index (χ3n) is 3.86. The zero-order valence-corrected chi connectivity index (χ0v) is 16.0. The van der Waals surface area contributed by atoms with Gasteiger partial charge in [0.05, 0.1) is 19.4 Å². The number of benzene rings is 2. The van der Waals surface area contributed by atoms with Gasteiger partial charge in [-0.1, -0.05) is 12.1 Å². The number of carbonyl (C=O) groups is 1. The Kier molecular flexibility index (Phi) is 6.06. The fourth-order valence-corrected chi connectivity index (χ4v) is 2.61. The normalized spacial score (nSPS) is 10.2. The summed E-state index contributed by atoms with van der Waals surface area (Å²) in [7, 11) is 1.55. The highest BCUT2D eigenvalue weighted by molar-refractivity contribution is 6.03. The first-order valence-electron chi connectivity index (χ1n) is 8.89. The zero-order valence-electron chi connectivity index (χ0n) is 16.0. The molecule has 144 valence electrons. The number of carbonyl (C=O) groups excluding carboxylic acids is 1. The van der Waals surface area contributed by atoms with Gasteiger partial charge in [-0.2, -0.15) is 0 Å². The molecule has 3 aromatic rings. The van der Waals surface area contributed by atoms with Crippen LogP contribution >= 0.6 is 0 Å². The van der Waals surface area contributed by atoms with E-state index >= 15 is 0 Å². The van der Waals surface area contributed by atoms with Crippen molar-refractivity contribution in [3.05, 3.63) is 66.0 Å². The third kappa shape index (κ3) is 4.76. The van der Waals surface area contributed by atoms with E-state index < -0.39 is 0 Å². The first-order chi connectivity index (χ1) is 13.6. The Morgan fingerprint density at radius 2 is 1.82 bits per heavy atom. The maximum atomic E-state index is 12.7. The molecule has 0 atom stereocenters. The molecule has 1 heterocycles. The van der Waals surface area contributed by atoms with Crippen LogP contribution in [0, 0.1) is 6.92 Å². The van der Waals surface area contributed by atoms with Gasteiger partial charge >= 0.3 is 0 Å². The van der Waals surface area contributed by atoms with Crippen LogP contribution in [0.3, 0.4) is 0 Å². The topological polar surface area (TPSA) is 85.4 Å². The first-order valence-corrected chi connectivity index (χ1v) is 8.89. The van der Waals surface area contributed by atoms with Crippen molar-refractivity contribution in [3.8, 4) is 11.5 Å². The summed E-state index contributed by atoms with van der Waals surface area (Å²) in [4.78, 5) is 21.3. The SMILES string of the molecule is CCOc1ccc(Nc2nc(C)cc(C(=O)Nc3ccccc3OC)n2)cc1. The molecule has 0 aliphatic heterocycles. The molecule has 0 spiro atoms. The second-order valence-corrected chi connectivity index (χ2v) is 5.95. The van der Waals surface area contributed by atoms with Gasteiger partial charge in [0.2, 0.25) is 5.95 Å². The Bertz CT molecular complexity index is 958. The number of aryl methyl sites for hydroxylation is 1. The van der Waals surface area contributed by atoms with E-state index in [0.29, 0.717) is 29.7 Å². The number of ether oxygens (including phenoxy) is 2. The first kappa shape index (κ1) is 19.2. The van der Waals surface area contributed by atoms with Crippen LogP contribution in [0.15, 0.2) is 54.6 Å². The average Bonchev–Trinajstić information content (AvgIpc) is 2.69. The van der Waals surface area contributed by atoms with Gasteiger partial charge < -0.3 is 20.1 Å². The lowest BCUT2D eigenvalue weighted by Crippen LogP contribution is -2.16. The summed E-state index contributed by atoms with van der Waals surface area (Å²) in [6.07, 6.45) is 0. The predicted octanol–water partition coefficient (Wildman–Crippen LogP) is 4.19. The van der Waals surface area contributed by atoms with E-state index in [9.17, 15) is 4.79 Å². The molecule has 1 aromatic heterocycles. The van der Waals surface area contributed by atoms with Crippen LogP contribution in [0.2, 0.25) is 0 Å². The second-order valence-electron chi connectivity index (χ2n) is 5.95. The van der Waals surface area contributed by atoms with Gasteiger partial charge in [0, 0.05) is 11.4 Å². The number of hydrogen-bond acceptors (Lipinski definition) is 6. The van der Waals surface area contributed by atoms with Crippen LogP contribution in [-0.4, -0.2) is 29.6 Å². The minimum atomic E-state index is -0.343. The number of hydrogen-bond donors (Lipinski definition) is 2. The van der Waals surface area contributed by atoms with Crippen molar-refractivity contribution >= 4 is 23.2 Å². The Labute approximate surface area is 163 Å². The van der Waals surface area contributed by atoms with Crippen molar-refractivity contribution in [1.82, 2.24) is 9.97 Å². The minimum Gasteiger partial charge on any atom is -0.495 e.